The number of furan rings is 1. The van der Waals surface area contributed by atoms with E-state index in [9.17, 15) is 10.0 Å². The Bertz CT molecular complexity index is 1600. The van der Waals surface area contributed by atoms with Gasteiger partial charge in [0.25, 0.3) is 0 Å². The zero-order valence-electron chi connectivity index (χ0n) is 17.2. The first-order valence-corrected chi connectivity index (χ1v) is 10.6. The summed E-state index contributed by atoms with van der Waals surface area (Å²) in [6, 6.07) is 34.4. The van der Waals surface area contributed by atoms with Crippen LogP contribution < -0.4 is 5.46 Å². The SMILES string of the molecule is OB(O)c1ccc(-c2ccc(-c3ccccc3)c3ccccc23)c2oc3ccccc3c12. The van der Waals surface area contributed by atoms with Gasteiger partial charge in [0, 0.05) is 16.3 Å². The molecule has 0 saturated heterocycles. The van der Waals surface area contributed by atoms with Crippen molar-refractivity contribution >= 4 is 45.3 Å². The highest BCUT2D eigenvalue weighted by Crippen LogP contribution is 2.40. The molecule has 0 spiro atoms. The molecule has 0 fully saturated rings. The highest BCUT2D eigenvalue weighted by atomic mass is 16.4. The maximum atomic E-state index is 10.0. The zero-order valence-corrected chi connectivity index (χ0v) is 17.2. The lowest BCUT2D eigenvalue weighted by molar-refractivity contribution is 0.426. The van der Waals surface area contributed by atoms with Gasteiger partial charge in [0.2, 0.25) is 0 Å². The molecule has 0 amide bonds. The second kappa shape index (κ2) is 7.38. The number of fused-ring (bicyclic) bond motifs is 4. The van der Waals surface area contributed by atoms with Crippen LogP contribution in [-0.2, 0) is 0 Å². The van der Waals surface area contributed by atoms with Crippen molar-refractivity contribution in [2.24, 2.45) is 0 Å². The first-order valence-electron chi connectivity index (χ1n) is 10.6. The van der Waals surface area contributed by atoms with Gasteiger partial charge >= 0.3 is 7.12 Å². The van der Waals surface area contributed by atoms with Gasteiger partial charge in [0.05, 0.1) is 0 Å². The van der Waals surface area contributed by atoms with E-state index in [1.165, 1.54) is 11.1 Å². The molecule has 0 aliphatic rings. The molecule has 0 radical (unpaired) electrons. The quantitative estimate of drug-likeness (QED) is 0.363. The van der Waals surface area contributed by atoms with Crippen LogP contribution in [-0.4, -0.2) is 17.2 Å². The van der Waals surface area contributed by atoms with Crippen LogP contribution in [0.25, 0.3) is 55.0 Å². The zero-order chi connectivity index (χ0) is 21.7. The number of benzene rings is 5. The number of rotatable bonds is 3. The monoisotopic (exact) mass is 414 g/mol. The highest BCUT2D eigenvalue weighted by Gasteiger charge is 2.23. The van der Waals surface area contributed by atoms with Gasteiger partial charge in [-0.3, -0.25) is 0 Å². The average Bonchev–Trinajstić information content (AvgIpc) is 3.23. The Morgan fingerprint density at radius 1 is 0.531 bits per heavy atom. The fourth-order valence-electron chi connectivity index (χ4n) is 4.68. The summed E-state index contributed by atoms with van der Waals surface area (Å²) in [5, 5.41) is 23.9. The second-order valence-electron chi connectivity index (χ2n) is 7.95. The molecule has 0 aliphatic heterocycles. The molecule has 0 bridgehead atoms. The third-order valence-electron chi connectivity index (χ3n) is 6.14. The fourth-order valence-corrected chi connectivity index (χ4v) is 4.68. The van der Waals surface area contributed by atoms with E-state index in [2.05, 4.69) is 54.6 Å². The summed E-state index contributed by atoms with van der Waals surface area (Å²) in [7, 11) is -1.58. The minimum atomic E-state index is -1.58. The molecule has 0 atom stereocenters. The van der Waals surface area contributed by atoms with Crippen molar-refractivity contribution in [2.75, 3.05) is 0 Å². The summed E-state index contributed by atoms with van der Waals surface area (Å²) in [5.74, 6) is 0. The number of hydrogen-bond acceptors (Lipinski definition) is 3. The Balaban J connectivity index is 1.69. The van der Waals surface area contributed by atoms with E-state index in [4.69, 9.17) is 4.42 Å². The van der Waals surface area contributed by atoms with Crippen LogP contribution in [0, 0.1) is 0 Å². The van der Waals surface area contributed by atoms with Crippen molar-refractivity contribution in [2.45, 2.75) is 0 Å². The van der Waals surface area contributed by atoms with Gasteiger partial charge < -0.3 is 14.5 Å². The van der Waals surface area contributed by atoms with Crippen LogP contribution in [0.3, 0.4) is 0 Å². The lowest BCUT2D eigenvalue weighted by Crippen LogP contribution is -2.30. The number of hydrogen-bond donors (Lipinski definition) is 2. The maximum absolute atomic E-state index is 10.0. The van der Waals surface area contributed by atoms with E-state index in [0.717, 1.165) is 38.3 Å². The molecule has 152 valence electrons. The van der Waals surface area contributed by atoms with E-state index in [1.807, 2.05) is 42.5 Å². The molecule has 32 heavy (non-hydrogen) atoms. The van der Waals surface area contributed by atoms with E-state index < -0.39 is 7.12 Å². The van der Waals surface area contributed by atoms with Crippen molar-refractivity contribution in [3.05, 3.63) is 103 Å². The van der Waals surface area contributed by atoms with E-state index in [0.29, 0.717) is 11.0 Å². The molecular weight excluding hydrogens is 395 g/mol. The molecule has 0 aliphatic carbocycles. The largest absolute Gasteiger partial charge is 0.489 e. The van der Waals surface area contributed by atoms with Crippen LogP contribution in [0.4, 0.5) is 0 Å². The normalized spacial score (nSPS) is 11.4. The van der Waals surface area contributed by atoms with E-state index in [1.54, 1.807) is 6.07 Å². The van der Waals surface area contributed by atoms with Crippen molar-refractivity contribution in [3.63, 3.8) is 0 Å². The Morgan fingerprint density at radius 3 is 1.88 bits per heavy atom. The number of para-hydroxylation sites is 1. The Kier molecular flexibility index (Phi) is 4.35. The van der Waals surface area contributed by atoms with Gasteiger partial charge in [-0.25, -0.2) is 0 Å². The molecule has 1 aromatic heterocycles. The van der Waals surface area contributed by atoms with Gasteiger partial charge in [0.15, 0.2) is 0 Å². The van der Waals surface area contributed by atoms with Gasteiger partial charge in [-0.1, -0.05) is 97.1 Å². The van der Waals surface area contributed by atoms with Crippen LogP contribution in [0.1, 0.15) is 0 Å². The molecule has 1 heterocycles. The predicted molar refractivity (Wildman–Crippen MR) is 132 cm³/mol. The van der Waals surface area contributed by atoms with Gasteiger partial charge in [-0.05, 0) is 39.0 Å². The van der Waals surface area contributed by atoms with E-state index >= 15 is 0 Å². The summed E-state index contributed by atoms with van der Waals surface area (Å²) in [5.41, 5.74) is 6.14. The molecule has 6 rings (SSSR count). The van der Waals surface area contributed by atoms with Crippen molar-refractivity contribution in [3.8, 4) is 22.3 Å². The second-order valence-corrected chi connectivity index (χ2v) is 7.95. The lowest BCUT2D eigenvalue weighted by atomic mass is 9.76. The average molecular weight is 414 g/mol. The summed E-state index contributed by atoms with van der Waals surface area (Å²) in [6.45, 7) is 0. The molecule has 4 heteroatoms. The third kappa shape index (κ3) is 2.85. The minimum absolute atomic E-state index is 0.443. The van der Waals surface area contributed by atoms with Crippen molar-refractivity contribution in [1.82, 2.24) is 0 Å². The van der Waals surface area contributed by atoms with Crippen LogP contribution in [0.5, 0.6) is 0 Å². The Hall–Kier alpha value is -3.86. The van der Waals surface area contributed by atoms with Crippen LogP contribution >= 0.6 is 0 Å². The molecule has 0 unspecified atom stereocenters. The summed E-state index contributed by atoms with van der Waals surface area (Å²) < 4.78 is 6.27. The third-order valence-corrected chi connectivity index (χ3v) is 6.14. The fraction of sp³-hybridized carbons (Fsp3) is 0. The lowest BCUT2D eigenvalue weighted by Gasteiger charge is -2.13. The summed E-state index contributed by atoms with van der Waals surface area (Å²) in [4.78, 5) is 0. The van der Waals surface area contributed by atoms with Crippen LogP contribution in [0.15, 0.2) is 108 Å². The summed E-state index contributed by atoms with van der Waals surface area (Å²) >= 11 is 0. The smallest absolute Gasteiger partial charge is 0.455 e. The molecular formula is C28H19BO3. The van der Waals surface area contributed by atoms with Crippen molar-refractivity contribution < 1.29 is 14.5 Å². The summed E-state index contributed by atoms with van der Waals surface area (Å²) in [6.07, 6.45) is 0. The first kappa shape index (κ1) is 18.9. The maximum Gasteiger partial charge on any atom is 0.489 e. The predicted octanol–water partition coefficient (Wildman–Crippen LogP) is 5.75. The van der Waals surface area contributed by atoms with Crippen molar-refractivity contribution in [1.29, 1.82) is 0 Å². The first-order chi connectivity index (χ1) is 15.7. The molecule has 2 N–H and O–H groups in total. The highest BCUT2D eigenvalue weighted by molar-refractivity contribution is 6.63. The molecule has 3 nitrogen and oxygen atoms in total. The molecule has 0 saturated carbocycles. The van der Waals surface area contributed by atoms with E-state index in [-0.39, 0.29) is 0 Å². The topological polar surface area (TPSA) is 53.6 Å². The van der Waals surface area contributed by atoms with Gasteiger partial charge in [-0.15, -0.1) is 0 Å². The Labute approximate surface area is 185 Å². The minimum Gasteiger partial charge on any atom is -0.455 e. The Morgan fingerprint density at radius 2 is 1.12 bits per heavy atom. The van der Waals surface area contributed by atoms with Gasteiger partial charge in [0.1, 0.15) is 11.2 Å². The standard InChI is InChI=1S/C28H19BO3/c30-29(31)25-17-16-23(28-27(25)24-12-6-7-13-26(24)32-28)22-15-14-19(18-8-2-1-3-9-18)20-10-4-5-11-21(20)22/h1-17,30-31H. The van der Waals surface area contributed by atoms with Crippen LogP contribution in [0.2, 0.25) is 0 Å². The molecule has 5 aromatic carbocycles. The molecule has 6 aromatic rings. The van der Waals surface area contributed by atoms with Gasteiger partial charge in [-0.2, -0.15) is 0 Å².